The number of rotatable bonds is 5. The molecule has 0 radical (unpaired) electrons. The maximum atomic E-state index is 4.84. The molecule has 1 N–H and O–H groups in total. The Bertz CT molecular complexity index is 1260. The monoisotopic (exact) mass is 421 g/mol. The Labute approximate surface area is 190 Å². The molecule has 162 valence electrons. The predicted octanol–water partition coefficient (Wildman–Crippen LogP) is 6.29. The molecule has 3 nitrogen and oxygen atoms in total. The van der Waals surface area contributed by atoms with Crippen molar-refractivity contribution >= 4 is 11.0 Å². The number of benzene rings is 3. The van der Waals surface area contributed by atoms with E-state index in [1.165, 1.54) is 60.2 Å². The number of hydrogen-bond acceptors (Lipinski definition) is 2. The van der Waals surface area contributed by atoms with Gasteiger partial charge in [-0.3, -0.25) is 4.90 Å². The molecule has 2 aliphatic rings. The van der Waals surface area contributed by atoms with Gasteiger partial charge < -0.3 is 4.98 Å². The van der Waals surface area contributed by atoms with Crippen molar-refractivity contribution in [1.29, 1.82) is 0 Å². The normalized spacial score (nSPS) is 17.4. The molecule has 4 aromatic rings. The van der Waals surface area contributed by atoms with Gasteiger partial charge in [-0.25, -0.2) is 4.98 Å². The lowest BCUT2D eigenvalue weighted by molar-refractivity contribution is 0.211. The molecule has 0 spiro atoms. The summed E-state index contributed by atoms with van der Waals surface area (Å²) in [5.74, 6) is 0.963. The first-order valence-corrected chi connectivity index (χ1v) is 11.9. The molecule has 1 aliphatic carbocycles. The number of H-pyrrole nitrogens is 1. The first-order valence-electron chi connectivity index (χ1n) is 11.9. The summed E-state index contributed by atoms with van der Waals surface area (Å²) < 4.78 is 0. The van der Waals surface area contributed by atoms with Crippen molar-refractivity contribution in [2.45, 2.75) is 46.1 Å². The zero-order valence-corrected chi connectivity index (χ0v) is 19.1. The van der Waals surface area contributed by atoms with Crippen molar-refractivity contribution in [3.63, 3.8) is 0 Å². The average Bonchev–Trinajstić information content (AvgIpc) is 3.36. The van der Waals surface area contributed by atoms with Crippen LogP contribution in [-0.4, -0.2) is 28.0 Å². The van der Waals surface area contributed by atoms with Crippen LogP contribution in [0, 0.1) is 12.3 Å². The number of imidazole rings is 1. The molecule has 0 bridgehead atoms. The molecular formula is C29H31N3. The Morgan fingerprint density at radius 1 is 1.03 bits per heavy atom. The van der Waals surface area contributed by atoms with E-state index in [9.17, 15) is 0 Å². The summed E-state index contributed by atoms with van der Waals surface area (Å²) in [4.78, 5) is 11.0. The highest BCUT2D eigenvalue weighted by molar-refractivity contribution is 5.80. The Morgan fingerprint density at radius 2 is 1.91 bits per heavy atom. The Kier molecular flexibility index (Phi) is 4.69. The van der Waals surface area contributed by atoms with Crippen LogP contribution in [0.25, 0.3) is 22.4 Å². The van der Waals surface area contributed by atoms with Gasteiger partial charge in [0.05, 0.1) is 11.0 Å². The SMILES string of the molecule is Cc1ccc(Cc2cccc3c2CCN(CC2(C)CC2)C3)cc1-c1nc2ccccc2[nH]1. The number of nitrogens with zero attached hydrogens (tertiary/aromatic N) is 2. The van der Waals surface area contributed by atoms with E-state index in [0.717, 1.165) is 29.8 Å². The maximum absolute atomic E-state index is 4.84. The summed E-state index contributed by atoms with van der Waals surface area (Å²) in [6.45, 7) is 8.17. The lowest BCUT2D eigenvalue weighted by Crippen LogP contribution is -2.35. The molecule has 1 aliphatic heterocycles. The van der Waals surface area contributed by atoms with Crippen molar-refractivity contribution in [3.8, 4) is 11.4 Å². The standard InChI is InChI=1S/C29H31N3/c1-20-10-11-21(17-25(20)28-30-26-8-3-4-9-27(26)31-28)16-22-6-5-7-23-18-32(15-12-24(22)23)19-29(2)13-14-29/h3-11,17H,12-16,18-19H2,1-2H3,(H,30,31). The smallest absolute Gasteiger partial charge is 0.138 e. The summed E-state index contributed by atoms with van der Waals surface area (Å²) in [6.07, 6.45) is 4.95. The summed E-state index contributed by atoms with van der Waals surface area (Å²) in [5.41, 5.74) is 11.1. The second-order valence-electron chi connectivity index (χ2n) is 10.3. The van der Waals surface area contributed by atoms with Crippen molar-refractivity contribution < 1.29 is 0 Å². The van der Waals surface area contributed by atoms with Gasteiger partial charge in [0.25, 0.3) is 0 Å². The van der Waals surface area contributed by atoms with E-state index >= 15 is 0 Å². The Balaban J connectivity index is 1.27. The molecular weight excluding hydrogens is 390 g/mol. The zero-order chi connectivity index (χ0) is 21.7. The predicted molar refractivity (Wildman–Crippen MR) is 132 cm³/mol. The van der Waals surface area contributed by atoms with Crippen LogP contribution in [0.5, 0.6) is 0 Å². The molecule has 1 aromatic heterocycles. The minimum absolute atomic E-state index is 0.587. The molecule has 2 heterocycles. The molecule has 32 heavy (non-hydrogen) atoms. The largest absolute Gasteiger partial charge is 0.338 e. The molecule has 3 heteroatoms. The number of aromatic nitrogens is 2. The third kappa shape index (κ3) is 3.75. The third-order valence-corrected chi connectivity index (χ3v) is 7.49. The molecule has 0 amide bonds. The second-order valence-corrected chi connectivity index (χ2v) is 10.3. The highest BCUT2D eigenvalue weighted by atomic mass is 15.1. The molecule has 6 rings (SSSR count). The van der Waals surface area contributed by atoms with Gasteiger partial charge in [0.15, 0.2) is 0 Å². The number of aryl methyl sites for hydroxylation is 1. The van der Waals surface area contributed by atoms with Crippen LogP contribution in [0.1, 0.15) is 47.6 Å². The highest BCUT2D eigenvalue weighted by Gasteiger charge is 2.39. The van der Waals surface area contributed by atoms with Crippen LogP contribution in [0.15, 0.2) is 60.7 Å². The van der Waals surface area contributed by atoms with Gasteiger partial charge in [0.2, 0.25) is 0 Å². The van der Waals surface area contributed by atoms with E-state index in [0.29, 0.717) is 5.41 Å². The van der Waals surface area contributed by atoms with Gasteiger partial charge in [-0.05, 0) is 84.0 Å². The van der Waals surface area contributed by atoms with Crippen LogP contribution in [0.3, 0.4) is 0 Å². The Morgan fingerprint density at radius 3 is 2.75 bits per heavy atom. The Hall–Kier alpha value is -2.91. The van der Waals surface area contributed by atoms with E-state index in [1.54, 1.807) is 5.56 Å². The molecule has 1 saturated carbocycles. The van der Waals surface area contributed by atoms with Crippen molar-refractivity contribution in [1.82, 2.24) is 14.9 Å². The van der Waals surface area contributed by atoms with Crippen LogP contribution >= 0.6 is 0 Å². The number of para-hydroxylation sites is 2. The lowest BCUT2D eigenvalue weighted by atomic mass is 9.90. The summed E-state index contributed by atoms with van der Waals surface area (Å²) in [7, 11) is 0. The maximum Gasteiger partial charge on any atom is 0.138 e. The number of nitrogens with one attached hydrogen (secondary N) is 1. The molecule has 3 aromatic carbocycles. The van der Waals surface area contributed by atoms with Crippen molar-refractivity contribution in [2.24, 2.45) is 5.41 Å². The summed E-state index contributed by atoms with van der Waals surface area (Å²) >= 11 is 0. The molecule has 0 saturated heterocycles. The minimum Gasteiger partial charge on any atom is -0.338 e. The fraction of sp³-hybridized carbons (Fsp3) is 0.345. The highest BCUT2D eigenvalue weighted by Crippen LogP contribution is 2.46. The summed E-state index contributed by atoms with van der Waals surface area (Å²) in [6, 6.07) is 22.0. The van der Waals surface area contributed by atoms with Crippen molar-refractivity contribution in [2.75, 3.05) is 13.1 Å². The number of hydrogen-bond donors (Lipinski definition) is 1. The number of aromatic amines is 1. The van der Waals surface area contributed by atoms with Gasteiger partial charge in [-0.1, -0.05) is 49.4 Å². The zero-order valence-electron chi connectivity index (χ0n) is 19.1. The minimum atomic E-state index is 0.587. The van der Waals surface area contributed by atoms with Gasteiger partial charge in [0, 0.05) is 25.2 Å². The van der Waals surface area contributed by atoms with Crippen LogP contribution in [0.2, 0.25) is 0 Å². The van der Waals surface area contributed by atoms with E-state index < -0.39 is 0 Å². The first-order chi connectivity index (χ1) is 15.6. The second kappa shape index (κ2) is 7.60. The molecule has 0 atom stereocenters. The van der Waals surface area contributed by atoms with Crippen molar-refractivity contribution in [3.05, 3.63) is 88.5 Å². The van der Waals surface area contributed by atoms with Gasteiger partial charge in [0.1, 0.15) is 5.82 Å². The first kappa shape index (κ1) is 19.8. The summed E-state index contributed by atoms with van der Waals surface area (Å²) in [5, 5.41) is 0. The van der Waals surface area contributed by atoms with E-state index in [1.807, 2.05) is 6.07 Å². The fourth-order valence-corrected chi connectivity index (χ4v) is 5.29. The van der Waals surface area contributed by atoms with E-state index in [2.05, 4.69) is 78.3 Å². The van der Waals surface area contributed by atoms with Crippen LogP contribution in [-0.2, 0) is 19.4 Å². The quantitative estimate of drug-likeness (QED) is 0.411. The number of fused-ring (bicyclic) bond motifs is 2. The molecule has 1 fully saturated rings. The lowest BCUT2D eigenvalue weighted by Gasteiger charge is -2.32. The van der Waals surface area contributed by atoms with Gasteiger partial charge >= 0.3 is 0 Å². The van der Waals surface area contributed by atoms with E-state index in [-0.39, 0.29) is 0 Å². The molecule has 0 unspecified atom stereocenters. The topological polar surface area (TPSA) is 31.9 Å². The van der Waals surface area contributed by atoms with Crippen LogP contribution in [0.4, 0.5) is 0 Å². The van der Waals surface area contributed by atoms with Gasteiger partial charge in [-0.15, -0.1) is 0 Å². The van der Waals surface area contributed by atoms with Crippen LogP contribution < -0.4 is 0 Å². The average molecular weight is 422 g/mol. The van der Waals surface area contributed by atoms with E-state index in [4.69, 9.17) is 4.98 Å². The van der Waals surface area contributed by atoms with Gasteiger partial charge in [-0.2, -0.15) is 0 Å². The third-order valence-electron chi connectivity index (χ3n) is 7.49. The fourth-order valence-electron chi connectivity index (χ4n) is 5.29.